The predicted molar refractivity (Wildman–Crippen MR) is 88.0 cm³/mol. The second-order valence-electron chi connectivity index (χ2n) is 5.46. The average Bonchev–Trinajstić information content (AvgIpc) is 3.23. The topological polar surface area (TPSA) is 47.0 Å². The van der Waals surface area contributed by atoms with Crippen LogP contribution >= 0.6 is 11.3 Å². The minimum atomic E-state index is 0.0592. The molecule has 0 amide bonds. The van der Waals surface area contributed by atoms with Crippen LogP contribution in [0.1, 0.15) is 50.4 Å². The average molecular weight is 305 g/mol. The van der Waals surface area contributed by atoms with Crippen LogP contribution in [-0.4, -0.2) is 23.1 Å². The van der Waals surface area contributed by atoms with E-state index in [2.05, 4.69) is 25.2 Å². The number of thiophene rings is 1. The quantitative estimate of drug-likeness (QED) is 0.834. The molecule has 1 N–H and O–H groups in total. The number of hydrogen-bond donors (Lipinski definition) is 1. The fourth-order valence-corrected chi connectivity index (χ4v) is 3.57. The summed E-state index contributed by atoms with van der Waals surface area (Å²) in [5.74, 6) is 2.41. The fraction of sp³-hybridized carbons (Fsp3) is 0.625. The summed E-state index contributed by atoms with van der Waals surface area (Å²) in [6.45, 7) is 7.90. The molecular weight excluding hydrogens is 282 g/mol. The Bertz CT molecular complexity index is 621. The second kappa shape index (κ2) is 6.28. The van der Waals surface area contributed by atoms with Gasteiger partial charge in [0.05, 0.1) is 5.39 Å². The lowest BCUT2D eigenvalue weighted by atomic mass is 10.2. The molecule has 0 saturated heterocycles. The molecule has 5 heteroatoms. The highest BCUT2D eigenvalue weighted by atomic mass is 32.1. The third kappa shape index (κ3) is 3.04. The number of nitrogens with zero attached hydrogens (tertiary/aromatic N) is 2. The number of nitrogens with one attached hydrogen (secondary N) is 1. The molecule has 4 nitrogen and oxygen atoms in total. The maximum Gasteiger partial charge on any atom is 0.161 e. The molecule has 2 aromatic rings. The van der Waals surface area contributed by atoms with E-state index in [4.69, 9.17) is 14.7 Å². The van der Waals surface area contributed by atoms with Crippen LogP contribution in [0.3, 0.4) is 0 Å². The lowest BCUT2D eigenvalue weighted by Gasteiger charge is -2.16. The lowest BCUT2D eigenvalue weighted by Crippen LogP contribution is -2.12. The third-order valence-electron chi connectivity index (χ3n) is 3.80. The van der Waals surface area contributed by atoms with Gasteiger partial charge in [0.2, 0.25) is 0 Å². The van der Waals surface area contributed by atoms with Crippen molar-refractivity contribution in [1.82, 2.24) is 9.97 Å². The highest BCUT2D eigenvalue weighted by Crippen LogP contribution is 2.43. The molecule has 1 saturated carbocycles. The number of fused-ring (bicyclic) bond motifs is 1. The molecule has 1 aliphatic rings. The normalized spacial score (nSPS) is 16.3. The first kappa shape index (κ1) is 14.7. The molecule has 2 aromatic heterocycles. The zero-order valence-electron chi connectivity index (χ0n) is 13.0. The van der Waals surface area contributed by atoms with Crippen molar-refractivity contribution in [3.05, 3.63) is 16.8 Å². The van der Waals surface area contributed by atoms with E-state index in [1.54, 1.807) is 11.3 Å². The van der Waals surface area contributed by atoms with Gasteiger partial charge in [-0.3, -0.25) is 0 Å². The van der Waals surface area contributed by atoms with Gasteiger partial charge < -0.3 is 10.1 Å². The van der Waals surface area contributed by atoms with E-state index in [-0.39, 0.29) is 6.10 Å². The van der Waals surface area contributed by atoms with Gasteiger partial charge in [0.15, 0.2) is 5.82 Å². The fourth-order valence-electron chi connectivity index (χ4n) is 2.59. The molecule has 2 heterocycles. The zero-order chi connectivity index (χ0) is 14.8. The molecule has 0 bridgehead atoms. The molecule has 1 atom stereocenters. The molecular formula is C16H23N3OS. The van der Waals surface area contributed by atoms with Crippen LogP contribution in [0.15, 0.2) is 6.07 Å². The van der Waals surface area contributed by atoms with Crippen LogP contribution in [0.2, 0.25) is 0 Å². The van der Waals surface area contributed by atoms with Crippen molar-refractivity contribution in [3.8, 4) is 0 Å². The lowest BCUT2D eigenvalue weighted by molar-refractivity contribution is 0.0404. The second-order valence-corrected chi connectivity index (χ2v) is 6.57. The van der Waals surface area contributed by atoms with Gasteiger partial charge >= 0.3 is 0 Å². The predicted octanol–water partition coefficient (Wildman–Crippen LogP) is 4.17. The number of hydrogen-bond acceptors (Lipinski definition) is 5. The van der Waals surface area contributed by atoms with Gasteiger partial charge in [-0.1, -0.05) is 6.92 Å². The first-order chi connectivity index (χ1) is 10.3. The molecule has 1 aliphatic carbocycles. The SMILES string of the molecule is CCNc1nc(C(OCC)C2CC2)nc2sc(CC)cc12. The van der Waals surface area contributed by atoms with Gasteiger partial charge in [-0.2, -0.15) is 0 Å². The summed E-state index contributed by atoms with van der Waals surface area (Å²) < 4.78 is 5.92. The van der Waals surface area contributed by atoms with Crippen LogP contribution in [0.5, 0.6) is 0 Å². The van der Waals surface area contributed by atoms with E-state index in [0.717, 1.165) is 34.8 Å². The number of aromatic nitrogens is 2. The van der Waals surface area contributed by atoms with Crippen molar-refractivity contribution in [3.63, 3.8) is 0 Å². The van der Waals surface area contributed by atoms with Crippen LogP contribution in [0, 0.1) is 5.92 Å². The molecule has 0 aliphatic heterocycles. The zero-order valence-corrected chi connectivity index (χ0v) is 13.8. The Balaban J connectivity index is 2.05. The van der Waals surface area contributed by atoms with Crippen molar-refractivity contribution in [1.29, 1.82) is 0 Å². The van der Waals surface area contributed by atoms with Gasteiger partial charge in [-0.05, 0) is 45.1 Å². The summed E-state index contributed by atoms with van der Waals surface area (Å²) in [5.41, 5.74) is 0. The third-order valence-corrected chi connectivity index (χ3v) is 4.98. The molecule has 0 spiro atoms. The molecule has 0 aromatic carbocycles. The summed E-state index contributed by atoms with van der Waals surface area (Å²) in [6.07, 6.45) is 3.56. The maximum atomic E-state index is 5.92. The Labute approximate surface area is 129 Å². The molecule has 21 heavy (non-hydrogen) atoms. The standard InChI is InChI=1S/C16H23N3OS/c1-4-11-9-12-14(17-5-2)18-15(19-16(12)21-11)13(20-6-3)10-7-8-10/h9-10,13H,4-8H2,1-3H3,(H,17,18,19). The Morgan fingerprint density at radius 3 is 2.76 bits per heavy atom. The number of rotatable bonds is 7. The first-order valence-electron chi connectivity index (χ1n) is 7.92. The van der Waals surface area contributed by atoms with E-state index in [9.17, 15) is 0 Å². The maximum absolute atomic E-state index is 5.92. The Kier molecular flexibility index (Phi) is 4.40. The smallest absolute Gasteiger partial charge is 0.161 e. The summed E-state index contributed by atoms with van der Waals surface area (Å²) >= 11 is 1.77. The van der Waals surface area contributed by atoms with Crippen LogP contribution in [0.4, 0.5) is 5.82 Å². The van der Waals surface area contributed by atoms with E-state index >= 15 is 0 Å². The van der Waals surface area contributed by atoms with Gasteiger partial charge in [-0.15, -0.1) is 11.3 Å². The molecule has 114 valence electrons. The summed E-state index contributed by atoms with van der Waals surface area (Å²) in [5, 5.41) is 4.53. The summed E-state index contributed by atoms with van der Waals surface area (Å²) in [7, 11) is 0. The van der Waals surface area contributed by atoms with Crippen LogP contribution < -0.4 is 5.32 Å². The molecule has 1 fully saturated rings. The van der Waals surface area contributed by atoms with Crippen LogP contribution in [-0.2, 0) is 11.2 Å². The Morgan fingerprint density at radius 2 is 2.14 bits per heavy atom. The highest BCUT2D eigenvalue weighted by Gasteiger charge is 2.35. The molecule has 0 radical (unpaired) electrons. The first-order valence-corrected chi connectivity index (χ1v) is 8.74. The van der Waals surface area contributed by atoms with Crippen molar-refractivity contribution in [2.45, 2.75) is 46.1 Å². The van der Waals surface area contributed by atoms with Gasteiger partial charge in [0.25, 0.3) is 0 Å². The monoisotopic (exact) mass is 305 g/mol. The highest BCUT2D eigenvalue weighted by molar-refractivity contribution is 7.18. The Hall–Kier alpha value is -1.20. The molecule has 3 rings (SSSR count). The van der Waals surface area contributed by atoms with Crippen molar-refractivity contribution in [2.75, 3.05) is 18.5 Å². The minimum absolute atomic E-state index is 0.0592. The summed E-state index contributed by atoms with van der Waals surface area (Å²) in [6, 6.07) is 2.22. The largest absolute Gasteiger partial charge is 0.370 e. The van der Waals surface area contributed by atoms with Crippen molar-refractivity contribution < 1.29 is 4.74 Å². The van der Waals surface area contributed by atoms with Gasteiger partial charge in [-0.25, -0.2) is 9.97 Å². The van der Waals surface area contributed by atoms with Crippen LogP contribution in [0.25, 0.3) is 10.2 Å². The number of ether oxygens (including phenoxy) is 1. The minimum Gasteiger partial charge on any atom is -0.370 e. The number of anilines is 1. The van der Waals surface area contributed by atoms with Gasteiger partial charge in [0.1, 0.15) is 16.8 Å². The Morgan fingerprint density at radius 1 is 1.33 bits per heavy atom. The molecule has 1 unspecified atom stereocenters. The van der Waals surface area contributed by atoms with Crippen molar-refractivity contribution in [2.24, 2.45) is 5.92 Å². The van der Waals surface area contributed by atoms with E-state index in [1.165, 1.54) is 17.7 Å². The van der Waals surface area contributed by atoms with Crippen molar-refractivity contribution >= 4 is 27.4 Å². The van der Waals surface area contributed by atoms with Gasteiger partial charge in [0, 0.05) is 18.0 Å². The van der Waals surface area contributed by atoms with E-state index in [0.29, 0.717) is 12.5 Å². The number of aryl methyl sites for hydroxylation is 1. The van der Waals surface area contributed by atoms with E-state index < -0.39 is 0 Å². The summed E-state index contributed by atoms with van der Waals surface area (Å²) in [4.78, 5) is 12.0. The van der Waals surface area contributed by atoms with E-state index in [1.807, 2.05) is 6.92 Å².